The van der Waals surface area contributed by atoms with Gasteiger partial charge in [0.25, 0.3) is 10.0 Å². The Hall–Kier alpha value is -3.12. The first-order valence-corrected chi connectivity index (χ1v) is 11.3. The molecule has 1 heterocycles. The first-order valence-electron chi connectivity index (χ1n) is 9.86. The zero-order chi connectivity index (χ0) is 21.4. The summed E-state index contributed by atoms with van der Waals surface area (Å²) in [5.74, 6) is 0. The Balaban J connectivity index is 1.75. The molecule has 30 heavy (non-hydrogen) atoms. The number of nitrogens with one attached hydrogen (secondary N) is 1. The van der Waals surface area contributed by atoms with Crippen molar-refractivity contribution in [2.24, 2.45) is 0 Å². The first-order chi connectivity index (χ1) is 14.2. The van der Waals surface area contributed by atoms with E-state index in [1.165, 1.54) is 0 Å². The van der Waals surface area contributed by atoms with Gasteiger partial charge in [-0.05, 0) is 17.0 Å². The fraction of sp³-hybridized carbons (Fsp3) is 0.208. The van der Waals surface area contributed by atoms with E-state index in [1.54, 1.807) is 16.9 Å². The molecule has 0 spiro atoms. The summed E-state index contributed by atoms with van der Waals surface area (Å²) < 4.78 is 31.3. The van der Waals surface area contributed by atoms with Gasteiger partial charge >= 0.3 is 0 Å². The third-order valence-corrected chi connectivity index (χ3v) is 6.32. The van der Waals surface area contributed by atoms with Gasteiger partial charge in [0.15, 0.2) is 0 Å². The van der Waals surface area contributed by atoms with Crippen LogP contribution in [-0.4, -0.2) is 18.2 Å². The van der Waals surface area contributed by atoms with Crippen LogP contribution in [0.15, 0.2) is 83.9 Å². The van der Waals surface area contributed by atoms with E-state index in [2.05, 4.69) is 9.82 Å². The van der Waals surface area contributed by atoms with Crippen molar-refractivity contribution in [3.05, 3.63) is 90.3 Å². The topological polar surface area (TPSA) is 64.0 Å². The van der Waals surface area contributed by atoms with E-state index in [0.29, 0.717) is 17.9 Å². The number of sulfonamides is 1. The Bertz CT molecular complexity index is 1280. The summed E-state index contributed by atoms with van der Waals surface area (Å²) in [5, 5.41) is 6.48. The van der Waals surface area contributed by atoms with Crippen molar-refractivity contribution in [2.75, 3.05) is 4.72 Å². The maximum atomic E-state index is 13.4. The number of hydrogen-bond donors (Lipinski definition) is 1. The second-order valence-corrected chi connectivity index (χ2v) is 10.1. The van der Waals surface area contributed by atoms with Crippen LogP contribution in [0.1, 0.15) is 32.0 Å². The molecule has 5 nitrogen and oxygen atoms in total. The van der Waals surface area contributed by atoms with E-state index in [1.807, 2.05) is 87.5 Å². The molecule has 0 aliphatic carbocycles. The molecule has 4 aromatic rings. The Morgan fingerprint density at radius 2 is 1.57 bits per heavy atom. The summed E-state index contributed by atoms with van der Waals surface area (Å²) in [6.07, 6.45) is 1.63. The molecule has 0 radical (unpaired) electrons. The van der Waals surface area contributed by atoms with Crippen LogP contribution in [-0.2, 0) is 22.0 Å². The van der Waals surface area contributed by atoms with Gasteiger partial charge in [-0.2, -0.15) is 5.10 Å². The molecule has 0 amide bonds. The number of anilines is 1. The molecule has 0 saturated heterocycles. The Kier molecular flexibility index (Phi) is 5.12. The normalized spacial score (nSPS) is 12.2. The van der Waals surface area contributed by atoms with Crippen molar-refractivity contribution in [3.8, 4) is 0 Å². The lowest BCUT2D eigenvalue weighted by molar-refractivity contribution is 0.533. The molecule has 0 unspecified atom stereocenters. The van der Waals surface area contributed by atoms with Gasteiger partial charge in [-0.1, -0.05) is 87.5 Å². The minimum atomic E-state index is -3.82. The molecule has 4 rings (SSSR count). The van der Waals surface area contributed by atoms with Gasteiger partial charge < -0.3 is 0 Å². The van der Waals surface area contributed by atoms with Crippen LogP contribution in [0, 0.1) is 0 Å². The molecule has 0 atom stereocenters. The van der Waals surface area contributed by atoms with Crippen LogP contribution in [0.2, 0.25) is 0 Å². The van der Waals surface area contributed by atoms with Gasteiger partial charge in [-0.25, -0.2) is 8.42 Å². The summed E-state index contributed by atoms with van der Waals surface area (Å²) in [7, 11) is -3.82. The number of benzene rings is 3. The highest BCUT2D eigenvalue weighted by Gasteiger charge is 2.30. The van der Waals surface area contributed by atoms with Gasteiger partial charge in [-0.15, -0.1) is 0 Å². The molecule has 154 valence electrons. The fourth-order valence-electron chi connectivity index (χ4n) is 3.48. The van der Waals surface area contributed by atoms with Crippen LogP contribution < -0.4 is 4.72 Å². The summed E-state index contributed by atoms with van der Waals surface area (Å²) in [6.45, 7) is 6.42. The average Bonchev–Trinajstić information content (AvgIpc) is 3.14. The van der Waals surface area contributed by atoms with E-state index >= 15 is 0 Å². The molecule has 0 fully saturated rings. The van der Waals surface area contributed by atoms with E-state index in [4.69, 9.17) is 0 Å². The van der Waals surface area contributed by atoms with E-state index in [0.717, 1.165) is 16.3 Å². The predicted molar refractivity (Wildman–Crippen MR) is 121 cm³/mol. The Morgan fingerprint density at radius 3 is 2.30 bits per heavy atom. The standard InChI is InChI=1S/C24H25N3O2S/c1-24(2,3)23-22(17-27(25-23)16-18-10-5-4-6-11-18)30(28,29)26-21-15-9-13-19-12-7-8-14-20(19)21/h4-15,17,26H,16H2,1-3H3. The molecule has 0 bridgehead atoms. The van der Waals surface area contributed by atoms with Gasteiger partial charge in [0, 0.05) is 17.0 Å². The number of aromatic nitrogens is 2. The number of nitrogens with zero attached hydrogens (tertiary/aromatic N) is 2. The summed E-state index contributed by atoms with van der Waals surface area (Å²) >= 11 is 0. The summed E-state index contributed by atoms with van der Waals surface area (Å²) in [6, 6.07) is 23.2. The molecule has 1 N–H and O–H groups in total. The van der Waals surface area contributed by atoms with Gasteiger partial charge in [-0.3, -0.25) is 9.40 Å². The largest absolute Gasteiger partial charge is 0.279 e. The van der Waals surface area contributed by atoms with Crippen molar-refractivity contribution in [1.29, 1.82) is 0 Å². The molecule has 0 aliphatic heterocycles. The lowest BCUT2D eigenvalue weighted by atomic mass is 9.92. The smallest absolute Gasteiger partial charge is 0.265 e. The van der Waals surface area contributed by atoms with E-state index in [9.17, 15) is 8.42 Å². The first kappa shape index (κ1) is 20.2. The van der Waals surface area contributed by atoms with Gasteiger partial charge in [0.2, 0.25) is 0 Å². The third-order valence-electron chi connectivity index (χ3n) is 4.95. The summed E-state index contributed by atoms with van der Waals surface area (Å²) in [5.41, 5.74) is 1.74. The Labute approximate surface area is 177 Å². The highest BCUT2D eigenvalue weighted by molar-refractivity contribution is 7.92. The molecule has 0 saturated carbocycles. The van der Waals surface area contributed by atoms with Crippen molar-refractivity contribution < 1.29 is 8.42 Å². The minimum absolute atomic E-state index is 0.207. The van der Waals surface area contributed by atoms with Crippen molar-refractivity contribution in [3.63, 3.8) is 0 Å². The number of fused-ring (bicyclic) bond motifs is 1. The maximum absolute atomic E-state index is 13.4. The molecule has 6 heteroatoms. The van der Waals surface area contributed by atoms with Crippen LogP contribution in [0.4, 0.5) is 5.69 Å². The monoisotopic (exact) mass is 419 g/mol. The van der Waals surface area contributed by atoms with Crippen molar-refractivity contribution in [1.82, 2.24) is 9.78 Å². The number of rotatable bonds is 5. The molecular formula is C24H25N3O2S. The van der Waals surface area contributed by atoms with Gasteiger partial charge in [0.1, 0.15) is 4.90 Å². The zero-order valence-electron chi connectivity index (χ0n) is 17.3. The lowest BCUT2D eigenvalue weighted by Gasteiger charge is -2.18. The van der Waals surface area contributed by atoms with Gasteiger partial charge in [0.05, 0.1) is 17.9 Å². The third kappa shape index (κ3) is 4.09. The van der Waals surface area contributed by atoms with Crippen LogP contribution in [0.25, 0.3) is 10.8 Å². The van der Waals surface area contributed by atoms with Crippen molar-refractivity contribution in [2.45, 2.75) is 37.6 Å². The zero-order valence-corrected chi connectivity index (χ0v) is 18.1. The SMILES string of the molecule is CC(C)(C)c1nn(Cc2ccccc2)cc1S(=O)(=O)Nc1cccc2ccccc12. The summed E-state index contributed by atoms with van der Waals surface area (Å²) in [4.78, 5) is 0.207. The van der Waals surface area contributed by atoms with E-state index < -0.39 is 15.4 Å². The average molecular weight is 420 g/mol. The van der Waals surface area contributed by atoms with E-state index in [-0.39, 0.29) is 4.90 Å². The highest BCUT2D eigenvalue weighted by Crippen LogP contribution is 2.31. The quantitative estimate of drug-likeness (QED) is 0.485. The number of hydrogen-bond acceptors (Lipinski definition) is 3. The van der Waals surface area contributed by atoms with Crippen molar-refractivity contribution >= 4 is 26.5 Å². The Morgan fingerprint density at radius 1 is 0.900 bits per heavy atom. The minimum Gasteiger partial charge on any atom is -0.279 e. The predicted octanol–water partition coefficient (Wildman–Crippen LogP) is 5.18. The molecular weight excluding hydrogens is 394 g/mol. The highest BCUT2D eigenvalue weighted by atomic mass is 32.2. The molecule has 0 aliphatic rings. The second-order valence-electron chi connectivity index (χ2n) is 8.41. The molecule has 3 aromatic carbocycles. The maximum Gasteiger partial charge on any atom is 0.265 e. The second kappa shape index (κ2) is 7.61. The van der Waals surface area contributed by atoms with Crippen LogP contribution in [0.5, 0.6) is 0 Å². The van der Waals surface area contributed by atoms with Crippen LogP contribution in [0.3, 0.4) is 0 Å². The molecule has 1 aromatic heterocycles. The van der Waals surface area contributed by atoms with Crippen LogP contribution >= 0.6 is 0 Å². The lowest BCUT2D eigenvalue weighted by Crippen LogP contribution is -2.20. The fourth-order valence-corrected chi connectivity index (χ4v) is 4.92.